The van der Waals surface area contributed by atoms with Crippen molar-refractivity contribution in [3.63, 3.8) is 0 Å². The largest absolute Gasteiger partial charge is 0.453 e. The fourth-order valence-corrected chi connectivity index (χ4v) is 4.81. The molecular weight excluding hydrogens is 452 g/mol. The third kappa shape index (κ3) is 4.02. The monoisotopic (exact) mass is 477 g/mol. The van der Waals surface area contributed by atoms with E-state index in [1.807, 2.05) is 17.9 Å². The summed E-state index contributed by atoms with van der Waals surface area (Å²) in [6.45, 7) is 8.09. The maximum absolute atomic E-state index is 13.9. The molecule has 0 amide bonds. The van der Waals surface area contributed by atoms with Gasteiger partial charge in [-0.2, -0.15) is 0 Å². The molecule has 0 saturated carbocycles. The van der Waals surface area contributed by atoms with Crippen LogP contribution in [0.2, 0.25) is 0 Å². The summed E-state index contributed by atoms with van der Waals surface area (Å²) in [6, 6.07) is 3.96. The smallest absolute Gasteiger partial charge is 0.320 e. The number of pyridine rings is 1. The zero-order chi connectivity index (χ0) is 25.5. The number of Topliss-reactive ketones (excluding diaryl/α,β-unsaturated/α-hetero) is 1. The Labute approximate surface area is 202 Å². The number of nitrogens with two attached hydrogens (primary N) is 1. The maximum Gasteiger partial charge on any atom is 0.320 e. The van der Waals surface area contributed by atoms with E-state index in [4.69, 9.17) is 16.9 Å². The molecule has 180 valence electrons. The van der Waals surface area contributed by atoms with Gasteiger partial charge in [-0.05, 0) is 42.5 Å². The number of allylic oxidation sites excluding steroid dienone is 1. The van der Waals surface area contributed by atoms with Crippen molar-refractivity contribution in [1.82, 2.24) is 9.88 Å². The standard InChI is InChI=1S/C27H25F2N3O3/c1-5-18(33)12-27(7-3,35-25(34)13-30)20-10-24-26-17(14-32(24)15(4)19(20)6-2)8-16-9-21(28)22(29)11-23(16)31-26/h1,8-11H,4,6-7,12-14,30H2,2-3H3. The van der Waals surface area contributed by atoms with Gasteiger partial charge in [0.1, 0.15) is 5.60 Å². The number of hydrogen-bond donors (Lipinski definition) is 1. The molecule has 6 nitrogen and oxygen atoms in total. The highest BCUT2D eigenvalue weighted by molar-refractivity contribution is 5.96. The van der Waals surface area contributed by atoms with Gasteiger partial charge in [0, 0.05) is 28.3 Å². The summed E-state index contributed by atoms with van der Waals surface area (Å²) in [5, 5.41) is 0.483. The molecule has 2 aliphatic rings. The number of benzene rings is 1. The number of fused-ring (bicyclic) bond motifs is 4. The normalized spacial score (nSPS) is 16.4. The molecule has 4 rings (SSSR count). The van der Waals surface area contributed by atoms with Crippen LogP contribution >= 0.6 is 0 Å². The van der Waals surface area contributed by atoms with E-state index in [1.54, 1.807) is 13.0 Å². The van der Waals surface area contributed by atoms with Gasteiger partial charge in [0.05, 0.1) is 36.4 Å². The van der Waals surface area contributed by atoms with Crippen LogP contribution in [0.3, 0.4) is 0 Å². The fourth-order valence-electron chi connectivity index (χ4n) is 4.81. The number of hydrogen-bond acceptors (Lipinski definition) is 6. The lowest BCUT2D eigenvalue weighted by atomic mass is 9.79. The lowest BCUT2D eigenvalue weighted by molar-refractivity contribution is -0.155. The van der Waals surface area contributed by atoms with Gasteiger partial charge in [-0.1, -0.05) is 20.4 Å². The van der Waals surface area contributed by atoms with E-state index in [2.05, 4.69) is 17.5 Å². The van der Waals surface area contributed by atoms with E-state index in [1.165, 1.54) is 0 Å². The molecule has 1 aromatic heterocycles. The molecule has 2 aromatic rings. The number of nitrogens with zero attached hydrogens (tertiary/aromatic N) is 2. The Kier molecular flexibility index (Phi) is 6.30. The van der Waals surface area contributed by atoms with Gasteiger partial charge < -0.3 is 15.4 Å². The van der Waals surface area contributed by atoms with Crippen LogP contribution in [0.5, 0.6) is 0 Å². The van der Waals surface area contributed by atoms with Crippen molar-refractivity contribution in [2.24, 2.45) is 5.73 Å². The summed E-state index contributed by atoms with van der Waals surface area (Å²) < 4.78 is 33.5. The van der Waals surface area contributed by atoms with Crippen molar-refractivity contribution in [2.45, 2.75) is 45.3 Å². The van der Waals surface area contributed by atoms with E-state index in [9.17, 15) is 18.4 Å². The summed E-state index contributed by atoms with van der Waals surface area (Å²) in [5.74, 6) is -1.00. The minimum Gasteiger partial charge on any atom is -0.453 e. The van der Waals surface area contributed by atoms with Gasteiger partial charge in [-0.15, -0.1) is 6.42 Å². The lowest BCUT2D eigenvalue weighted by Gasteiger charge is -2.39. The van der Waals surface area contributed by atoms with Crippen LogP contribution in [-0.2, 0) is 20.9 Å². The Morgan fingerprint density at radius 2 is 2.00 bits per heavy atom. The van der Waals surface area contributed by atoms with E-state index in [0.717, 1.165) is 23.3 Å². The second kappa shape index (κ2) is 9.08. The van der Waals surface area contributed by atoms with Crippen LogP contribution in [-0.4, -0.2) is 33.8 Å². The summed E-state index contributed by atoms with van der Waals surface area (Å²) >= 11 is 0. The highest BCUT2D eigenvalue weighted by atomic mass is 19.2. The fraction of sp³-hybridized carbons (Fsp3) is 0.296. The molecule has 0 saturated heterocycles. The number of carbonyl (C=O) groups is 2. The predicted molar refractivity (Wildman–Crippen MR) is 128 cm³/mol. The first-order valence-corrected chi connectivity index (χ1v) is 11.3. The van der Waals surface area contributed by atoms with Crippen molar-refractivity contribution in [3.8, 4) is 12.3 Å². The van der Waals surface area contributed by atoms with Crippen LogP contribution in [0.15, 0.2) is 47.7 Å². The number of carbonyl (C=O) groups excluding carboxylic acids is 2. The molecule has 0 radical (unpaired) electrons. The van der Waals surface area contributed by atoms with Gasteiger partial charge in [0.15, 0.2) is 11.6 Å². The Morgan fingerprint density at radius 1 is 1.29 bits per heavy atom. The van der Waals surface area contributed by atoms with Crippen molar-refractivity contribution < 1.29 is 23.1 Å². The Bertz CT molecular complexity index is 1390. The SMILES string of the molecule is C#CC(=O)CC(CC)(OC(=O)CN)C1=C(CC)C(=C)N2Cc3cc4cc(F)c(F)cc4nc3C2=C1. The lowest BCUT2D eigenvalue weighted by Crippen LogP contribution is -2.42. The topological polar surface area (TPSA) is 85.5 Å². The molecule has 0 spiro atoms. The van der Waals surface area contributed by atoms with Gasteiger partial charge in [-0.25, -0.2) is 13.8 Å². The highest BCUT2D eigenvalue weighted by Gasteiger charge is 2.43. The van der Waals surface area contributed by atoms with Crippen molar-refractivity contribution >= 4 is 28.4 Å². The van der Waals surface area contributed by atoms with Gasteiger partial charge in [0.25, 0.3) is 0 Å². The van der Waals surface area contributed by atoms with Crippen LogP contribution in [0.25, 0.3) is 16.6 Å². The Hall–Kier alpha value is -3.83. The summed E-state index contributed by atoms with van der Waals surface area (Å²) in [6.07, 6.45) is 7.78. The third-order valence-corrected chi connectivity index (χ3v) is 6.58. The van der Waals surface area contributed by atoms with E-state index in [-0.39, 0.29) is 19.4 Å². The molecule has 2 aliphatic heterocycles. The number of aromatic nitrogens is 1. The van der Waals surface area contributed by atoms with Gasteiger partial charge in [-0.3, -0.25) is 9.59 Å². The quantitative estimate of drug-likeness (QED) is 0.366. The first kappa shape index (κ1) is 24.3. The molecule has 0 bridgehead atoms. The second-order valence-corrected chi connectivity index (χ2v) is 8.53. The van der Waals surface area contributed by atoms with E-state index >= 15 is 0 Å². The number of halogens is 2. The van der Waals surface area contributed by atoms with Crippen LogP contribution in [0.1, 0.15) is 44.4 Å². The number of rotatable bonds is 7. The molecule has 0 fully saturated rings. The first-order valence-electron chi connectivity index (χ1n) is 11.3. The first-order chi connectivity index (χ1) is 16.7. The second-order valence-electron chi connectivity index (χ2n) is 8.53. The van der Waals surface area contributed by atoms with Crippen molar-refractivity contribution in [1.29, 1.82) is 0 Å². The van der Waals surface area contributed by atoms with Gasteiger partial charge in [0.2, 0.25) is 5.78 Å². The average molecular weight is 478 g/mol. The molecule has 1 unspecified atom stereocenters. The maximum atomic E-state index is 13.9. The molecule has 0 aliphatic carbocycles. The van der Waals surface area contributed by atoms with E-state index in [0.29, 0.717) is 46.5 Å². The molecule has 1 atom stereocenters. The molecule has 2 N–H and O–H groups in total. The molecule has 1 aromatic carbocycles. The van der Waals surface area contributed by atoms with Gasteiger partial charge >= 0.3 is 5.97 Å². The zero-order valence-corrected chi connectivity index (χ0v) is 19.6. The Morgan fingerprint density at radius 3 is 2.63 bits per heavy atom. The summed E-state index contributed by atoms with van der Waals surface area (Å²) in [7, 11) is 0. The Balaban J connectivity index is 1.93. The zero-order valence-electron chi connectivity index (χ0n) is 19.6. The molecule has 3 heterocycles. The number of ether oxygens (including phenoxy) is 1. The highest BCUT2D eigenvalue weighted by Crippen LogP contribution is 2.47. The number of ketones is 1. The molecule has 8 heteroatoms. The number of terminal acetylenes is 1. The molecular formula is C27H25F2N3O3. The molecule has 35 heavy (non-hydrogen) atoms. The summed E-state index contributed by atoms with van der Waals surface area (Å²) in [4.78, 5) is 31.3. The minimum atomic E-state index is -1.35. The average Bonchev–Trinajstić information content (AvgIpc) is 3.20. The van der Waals surface area contributed by atoms with Crippen LogP contribution in [0.4, 0.5) is 8.78 Å². The van der Waals surface area contributed by atoms with Crippen LogP contribution < -0.4 is 5.73 Å². The summed E-state index contributed by atoms with van der Waals surface area (Å²) in [5.41, 5.74) is 8.61. The van der Waals surface area contributed by atoms with Crippen molar-refractivity contribution in [3.05, 3.63) is 70.6 Å². The van der Waals surface area contributed by atoms with Crippen molar-refractivity contribution in [2.75, 3.05) is 6.54 Å². The third-order valence-electron chi connectivity index (χ3n) is 6.58. The van der Waals surface area contributed by atoms with E-state index < -0.39 is 29.0 Å². The predicted octanol–water partition coefficient (Wildman–Crippen LogP) is 4.15. The van der Waals surface area contributed by atoms with Crippen LogP contribution in [0, 0.1) is 24.0 Å². The minimum absolute atomic E-state index is 0.218. The number of esters is 1.